The van der Waals surface area contributed by atoms with E-state index in [9.17, 15) is 13.2 Å². The third-order valence-electron chi connectivity index (χ3n) is 2.91. The van der Waals surface area contributed by atoms with E-state index in [0.29, 0.717) is 12.4 Å². The Balaban J connectivity index is 2.09. The van der Waals surface area contributed by atoms with Crippen LogP contribution in [0.1, 0.15) is 10.5 Å². The lowest BCUT2D eigenvalue weighted by molar-refractivity contribution is 0.0692. The number of carboxylic acid groups (broad SMARTS) is 1. The van der Waals surface area contributed by atoms with Crippen molar-refractivity contribution in [2.24, 2.45) is 0 Å². The highest BCUT2D eigenvalue weighted by Crippen LogP contribution is 2.24. The molecular weight excluding hydrogens is 354 g/mol. The zero-order chi connectivity index (χ0) is 17.7. The van der Waals surface area contributed by atoms with Crippen molar-refractivity contribution in [2.45, 2.75) is 4.90 Å². The van der Waals surface area contributed by atoms with E-state index in [4.69, 9.17) is 5.11 Å². The summed E-state index contributed by atoms with van der Waals surface area (Å²) in [7, 11) is -0.0400. The quantitative estimate of drug-likeness (QED) is 0.628. The number of nitrogens with one attached hydrogen (secondary N) is 2. The lowest BCUT2D eigenvalue weighted by Crippen LogP contribution is -2.21. The number of aromatic carboxylic acids is 1. The number of sulfonamides is 1. The molecule has 0 unspecified atom stereocenters. The maximum Gasteiger partial charge on any atom is 0.357 e. The third-order valence-corrected chi connectivity index (χ3v) is 5.11. The van der Waals surface area contributed by atoms with Crippen LogP contribution in [0.15, 0.2) is 28.7 Å². The van der Waals surface area contributed by atoms with Crippen LogP contribution in [-0.2, 0) is 10.0 Å². The van der Waals surface area contributed by atoms with Gasteiger partial charge in [-0.2, -0.15) is 0 Å². The van der Waals surface area contributed by atoms with Gasteiger partial charge in [0.25, 0.3) is 10.0 Å². The molecule has 2 aromatic rings. The average Bonchev–Trinajstić information content (AvgIpc) is 2.95. The van der Waals surface area contributed by atoms with Crippen LogP contribution in [0.4, 0.5) is 10.8 Å². The molecule has 0 aliphatic rings. The molecular formula is C13H17N5O4S2. The number of hydrogen-bond acceptors (Lipinski definition) is 8. The standard InChI is InChI=1S/C13H17N5O4S2/c1-18(2)6-5-14-10-4-3-9(7-15-10)24(21,22)17-12-11(13(19)20)16-8-23-12/h3-4,7-8,17H,5-6H2,1-2H3,(H,14,15)(H,19,20). The van der Waals surface area contributed by atoms with Gasteiger partial charge in [-0.1, -0.05) is 0 Å². The highest BCUT2D eigenvalue weighted by Gasteiger charge is 2.21. The van der Waals surface area contributed by atoms with Crippen molar-refractivity contribution in [1.29, 1.82) is 0 Å². The minimum atomic E-state index is -3.93. The lowest BCUT2D eigenvalue weighted by atomic mass is 10.4. The van der Waals surface area contributed by atoms with Crippen LogP contribution in [0.2, 0.25) is 0 Å². The summed E-state index contributed by atoms with van der Waals surface area (Å²) in [5.74, 6) is -0.743. The summed E-state index contributed by atoms with van der Waals surface area (Å²) >= 11 is 0.897. The molecule has 130 valence electrons. The monoisotopic (exact) mass is 371 g/mol. The molecule has 0 atom stereocenters. The molecule has 0 bridgehead atoms. The van der Waals surface area contributed by atoms with Gasteiger partial charge in [0.15, 0.2) is 5.69 Å². The Morgan fingerprint density at radius 2 is 2.08 bits per heavy atom. The Hall–Kier alpha value is -2.24. The molecule has 2 aromatic heterocycles. The molecule has 11 heteroatoms. The van der Waals surface area contributed by atoms with Gasteiger partial charge < -0.3 is 15.3 Å². The summed E-state index contributed by atoms with van der Waals surface area (Å²) in [5, 5.41) is 12.0. The van der Waals surface area contributed by atoms with Crippen molar-refractivity contribution in [3.63, 3.8) is 0 Å². The molecule has 0 amide bonds. The Bertz CT molecular complexity index is 802. The average molecular weight is 371 g/mol. The summed E-state index contributed by atoms with van der Waals surface area (Å²) in [5.41, 5.74) is 0.927. The molecule has 0 spiro atoms. The number of carbonyl (C=O) groups is 1. The second-order valence-corrected chi connectivity index (χ2v) is 7.59. The van der Waals surface area contributed by atoms with Crippen LogP contribution in [0.3, 0.4) is 0 Å². The van der Waals surface area contributed by atoms with Gasteiger partial charge in [0.05, 0.1) is 5.51 Å². The van der Waals surface area contributed by atoms with Crippen molar-refractivity contribution in [3.05, 3.63) is 29.5 Å². The van der Waals surface area contributed by atoms with Gasteiger partial charge in [-0.15, -0.1) is 11.3 Å². The molecule has 0 fully saturated rings. The van der Waals surface area contributed by atoms with E-state index in [0.717, 1.165) is 17.9 Å². The molecule has 0 saturated carbocycles. The first kappa shape index (κ1) is 18.1. The van der Waals surface area contributed by atoms with Crippen LogP contribution >= 0.6 is 11.3 Å². The molecule has 0 radical (unpaired) electrons. The maximum absolute atomic E-state index is 12.3. The normalized spacial score (nSPS) is 11.5. The minimum absolute atomic E-state index is 0.0457. The SMILES string of the molecule is CN(C)CCNc1ccc(S(=O)(=O)Nc2scnc2C(=O)O)cn1. The highest BCUT2D eigenvalue weighted by molar-refractivity contribution is 7.93. The topological polar surface area (TPSA) is 125 Å². The summed E-state index contributed by atoms with van der Waals surface area (Å²) < 4.78 is 26.8. The Morgan fingerprint density at radius 1 is 1.33 bits per heavy atom. The second-order valence-electron chi connectivity index (χ2n) is 5.05. The first-order valence-electron chi connectivity index (χ1n) is 6.84. The van der Waals surface area contributed by atoms with Crippen molar-refractivity contribution in [1.82, 2.24) is 14.9 Å². The number of likely N-dealkylation sites (N-methyl/N-ethyl adjacent to an activating group) is 1. The predicted molar refractivity (Wildman–Crippen MR) is 91.2 cm³/mol. The van der Waals surface area contributed by atoms with Crippen molar-refractivity contribution in [3.8, 4) is 0 Å². The summed E-state index contributed by atoms with van der Waals surface area (Å²) in [6.45, 7) is 1.49. The smallest absolute Gasteiger partial charge is 0.357 e. The molecule has 2 rings (SSSR count). The van der Waals surface area contributed by atoms with Gasteiger partial charge in [0.2, 0.25) is 0 Å². The Labute approximate surface area is 143 Å². The molecule has 0 aromatic carbocycles. The fourth-order valence-electron chi connectivity index (χ4n) is 1.70. The third kappa shape index (κ3) is 4.63. The summed E-state index contributed by atoms with van der Waals surface area (Å²) in [6, 6.07) is 2.95. The number of nitrogens with zero attached hydrogens (tertiary/aromatic N) is 3. The summed E-state index contributed by atoms with van der Waals surface area (Å²) in [4.78, 5) is 20.6. The molecule has 0 aliphatic heterocycles. The van der Waals surface area contributed by atoms with Gasteiger partial charge in [-0.3, -0.25) is 4.72 Å². The minimum Gasteiger partial charge on any atom is -0.476 e. The number of carboxylic acids is 1. The Kier molecular flexibility index (Phi) is 5.70. The zero-order valence-electron chi connectivity index (χ0n) is 13.1. The predicted octanol–water partition coefficient (Wildman–Crippen LogP) is 1.01. The van der Waals surface area contributed by atoms with Crippen LogP contribution < -0.4 is 10.0 Å². The van der Waals surface area contributed by atoms with Crippen molar-refractivity contribution in [2.75, 3.05) is 37.2 Å². The van der Waals surface area contributed by atoms with Crippen LogP contribution in [-0.4, -0.2) is 61.5 Å². The molecule has 2 heterocycles. The van der Waals surface area contributed by atoms with Crippen LogP contribution in [0, 0.1) is 0 Å². The molecule has 9 nitrogen and oxygen atoms in total. The second kappa shape index (κ2) is 7.55. The summed E-state index contributed by atoms with van der Waals surface area (Å²) in [6.07, 6.45) is 1.21. The van der Waals surface area contributed by atoms with E-state index in [1.165, 1.54) is 17.8 Å². The lowest BCUT2D eigenvalue weighted by Gasteiger charge is -2.11. The zero-order valence-corrected chi connectivity index (χ0v) is 14.7. The van der Waals surface area contributed by atoms with Gasteiger partial charge in [-0.05, 0) is 26.2 Å². The van der Waals surface area contributed by atoms with Gasteiger partial charge in [0.1, 0.15) is 15.7 Å². The molecule has 24 heavy (non-hydrogen) atoms. The number of rotatable bonds is 8. The number of thiazole rings is 1. The van der Waals surface area contributed by atoms with E-state index < -0.39 is 16.0 Å². The fraction of sp³-hybridized carbons (Fsp3) is 0.308. The van der Waals surface area contributed by atoms with Crippen LogP contribution in [0.25, 0.3) is 0 Å². The first-order chi connectivity index (χ1) is 11.3. The van der Waals surface area contributed by atoms with E-state index in [1.54, 1.807) is 6.07 Å². The number of aromatic nitrogens is 2. The largest absolute Gasteiger partial charge is 0.476 e. The first-order valence-corrected chi connectivity index (χ1v) is 9.20. The van der Waals surface area contributed by atoms with E-state index in [2.05, 4.69) is 20.0 Å². The van der Waals surface area contributed by atoms with E-state index in [1.807, 2.05) is 19.0 Å². The molecule has 0 aliphatic carbocycles. The van der Waals surface area contributed by atoms with Crippen molar-refractivity contribution < 1.29 is 18.3 Å². The van der Waals surface area contributed by atoms with E-state index >= 15 is 0 Å². The maximum atomic E-state index is 12.3. The number of anilines is 2. The number of hydrogen-bond donors (Lipinski definition) is 3. The van der Waals surface area contributed by atoms with Crippen molar-refractivity contribution >= 4 is 38.1 Å². The van der Waals surface area contributed by atoms with Gasteiger partial charge in [0, 0.05) is 19.3 Å². The highest BCUT2D eigenvalue weighted by atomic mass is 32.2. The fourth-order valence-corrected chi connectivity index (χ4v) is 3.64. The van der Waals surface area contributed by atoms with Gasteiger partial charge in [-0.25, -0.2) is 23.2 Å². The Morgan fingerprint density at radius 3 is 2.67 bits per heavy atom. The molecule has 3 N–H and O–H groups in total. The van der Waals surface area contributed by atoms with Gasteiger partial charge >= 0.3 is 5.97 Å². The number of pyridine rings is 1. The van der Waals surface area contributed by atoms with Crippen LogP contribution in [0.5, 0.6) is 0 Å². The molecule has 0 saturated heterocycles. The van der Waals surface area contributed by atoms with E-state index in [-0.39, 0.29) is 15.6 Å².